The summed E-state index contributed by atoms with van der Waals surface area (Å²) in [4.78, 5) is 0.0534. The van der Waals surface area contributed by atoms with Gasteiger partial charge >= 0.3 is 0 Å². The molecule has 0 aliphatic heterocycles. The Kier molecular flexibility index (Phi) is 3.46. The lowest BCUT2D eigenvalue weighted by Gasteiger charge is -2.09. The minimum atomic E-state index is -3.35. The average molecular weight is 250 g/mol. The van der Waals surface area contributed by atoms with E-state index < -0.39 is 9.84 Å². The molecule has 0 radical (unpaired) electrons. The molecule has 0 heterocycles. The van der Waals surface area contributed by atoms with E-state index in [4.69, 9.17) is 22.1 Å². The maximum absolute atomic E-state index is 11.6. The highest BCUT2D eigenvalue weighted by Gasteiger charge is 2.18. The fraction of sp³-hybridized carbons (Fsp3) is 0.333. The number of ether oxygens (including phenoxy) is 1. The van der Waals surface area contributed by atoms with Gasteiger partial charge in [0.1, 0.15) is 5.75 Å². The fourth-order valence-electron chi connectivity index (χ4n) is 1.12. The van der Waals surface area contributed by atoms with Crippen molar-refractivity contribution in [3.8, 4) is 5.75 Å². The monoisotopic (exact) mass is 249 g/mol. The highest BCUT2D eigenvalue weighted by molar-refractivity contribution is 7.91. The minimum Gasteiger partial charge on any atom is -0.495 e. The first-order valence-electron chi connectivity index (χ1n) is 4.28. The largest absolute Gasteiger partial charge is 0.495 e. The smallest absolute Gasteiger partial charge is 0.179 e. The number of anilines is 1. The van der Waals surface area contributed by atoms with Gasteiger partial charge in [0.2, 0.25) is 0 Å². The van der Waals surface area contributed by atoms with E-state index in [1.807, 2.05) is 0 Å². The van der Waals surface area contributed by atoms with E-state index in [9.17, 15) is 8.42 Å². The van der Waals surface area contributed by atoms with Crippen molar-refractivity contribution in [1.29, 1.82) is 0 Å². The molecule has 0 saturated carbocycles. The second-order valence-corrected chi connectivity index (χ2v) is 5.58. The number of hydrogen-bond donors (Lipinski definition) is 1. The zero-order chi connectivity index (χ0) is 11.6. The Morgan fingerprint density at radius 1 is 1.47 bits per heavy atom. The van der Waals surface area contributed by atoms with E-state index in [1.54, 1.807) is 6.92 Å². The number of nitrogen functional groups attached to an aromatic ring is 1. The van der Waals surface area contributed by atoms with Crippen LogP contribution in [0.15, 0.2) is 17.0 Å². The van der Waals surface area contributed by atoms with E-state index in [0.29, 0.717) is 11.4 Å². The second kappa shape index (κ2) is 4.28. The Hall–Kier alpha value is -0.940. The van der Waals surface area contributed by atoms with Crippen molar-refractivity contribution in [2.45, 2.75) is 11.8 Å². The number of hydrogen-bond acceptors (Lipinski definition) is 4. The Morgan fingerprint density at radius 3 is 2.53 bits per heavy atom. The minimum absolute atomic E-state index is 0.0141. The predicted octanol–water partition coefficient (Wildman–Crippen LogP) is 1.72. The van der Waals surface area contributed by atoms with Crippen molar-refractivity contribution in [2.24, 2.45) is 0 Å². The van der Waals surface area contributed by atoms with Crippen LogP contribution in [0.1, 0.15) is 6.92 Å². The summed E-state index contributed by atoms with van der Waals surface area (Å²) < 4.78 is 28.2. The zero-order valence-corrected chi connectivity index (χ0v) is 10.0. The van der Waals surface area contributed by atoms with Gasteiger partial charge in [0.25, 0.3) is 0 Å². The van der Waals surface area contributed by atoms with Crippen molar-refractivity contribution < 1.29 is 13.2 Å². The summed E-state index contributed by atoms with van der Waals surface area (Å²) in [6.45, 7) is 1.55. The van der Waals surface area contributed by atoms with E-state index in [1.165, 1.54) is 19.2 Å². The highest BCUT2D eigenvalue weighted by Crippen LogP contribution is 2.32. The molecule has 1 rings (SSSR count). The van der Waals surface area contributed by atoms with Crippen LogP contribution in [0, 0.1) is 0 Å². The molecule has 0 spiro atoms. The molecule has 0 fully saturated rings. The van der Waals surface area contributed by atoms with Crippen LogP contribution in [0.3, 0.4) is 0 Å². The molecule has 0 aliphatic carbocycles. The molecule has 15 heavy (non-hydrogen) atoms. The van der Waals surface area contributed by atoms with Gasteiger partial charge in [-0.3, -0.25) is 0 Å². The number of halogens is 1. The maximum atomic E-state index is 11.6. The second-order valence-electron chi connectivity index (χ2n) is 2.93. The van der Waals surface area contributed by atoms with Crippen molar-refractivity contribution in [3.05, 3.63) is 17.2 Å². The molecule has 84 valence electrons. The average Bonchev–Trinajstić information content (AvgIpc) is 2.17. The number of methoxy groups -OCH3 is 1. The van der Waals surface area contributed by atoms with Gasteiger partial charge in [-0.15, -0.1) is 0 Å². The Morgan fingerprint density at radius 2 is 2.07 bits per heavy atom. The first kappa shape index (κ1) is 12.1. The van der Waals surface area contributed by atoms with Crippen LogP contribution in [0.5, 0.6) is 5.75 Å². The standard InChI is InChI=1S/C9H12ClNO3S/c1-3-15(12,13)9-5-8(14-2)7(11)4-6(9)10/h4-5H,3,11H2,1-2H3. The van der Waals surface area contributed by atoms with E-state index in [0.717, 1.165) is 0 Å². The van der Waals surface area contributed by atoms with Crippen molar-refractivity contribution >= 4 is 27.1 Å². The molecule has 0 atom stereocenters. The van der Waals surface area contributed by atoms with Crippen LogP contribution in [0.25, 0.3) is 0 Å². The number of nitrogens with two attached hydrogens (primary N) is 1. The third-order valence-electron chi connectivity index (χ3n) is 2.00. The van der Waals surface area contributed by atoms with Crippen LogP contribution in [-0.2, 0) is 9.84 Å². The maximum Gasteiger partial charge on any atom is 0.179 e. The topological polar surface area (TPSA) is 69.4 Å². The van der Waals surface area contributed by atoms with E-state index in [2.05, 4.69) is 0 Å². The molecular formula is C9H12ClNO3S. The summed E-state index contributed by atoms with van der Waals surface area (Å²) in [6, 6.07) is 2.72. The van der Waals surface area contributed by atoms with Gasteiger partial charge in [0, 0.05) is 6.07 Å². The molecule has 0 unspecified atom stereocenters. The van der Waals surface area contributed by atoms with Gasteiger partial charge in [-0.1, -0.05) is 18.5 Å². The number of rotatable bonds is 3. The SMILES string of the molecule is CCS(=O)(=O)c1cc(OC)c(N)cc1Cl. The molecule has 0 amide bonds. The summed E-state index contributed by atoms with van der Waals surface area (Å²) in [5.74, 6) is 0.297. The molecule has 0 aliphatic rings. The Bertz CT molecular complexity index is 470. The quantitative estimate of drug-likeness (QED) is 0.829. The van der Waals surface area contributed by atoms with Crippen LogP contribution in [-0.4, -0.2) is 21.3 Å². The van der Waals surface area contributed by atoms with E-state index >= 15 is 0 Å². The van der Waals surface area contributed by atoms with Gasteiger partial charge in [-0.25, -0.2) is 8.42 Å². The lowest BCUT2D eigenvalue weighted by molar-refractivity contribution is 0.415. The predicted molar refractivity (Wildman–Crippen MR) is 60.1 cm³/mol. The van der Waals surface area contributed by atoms with Gasteiger partial charge in [-0.05, 0) is 6.07 Å². The molecule has 0 aromatic heterocycles. The van der Waals surface area contributed by atoms with Crippen LogP contribution in [0.4, 0.5) is 5.69 Å². The first-order valence-corrected chi connectivity index (χ1v) is 6.31. The Balaban J connectivity index is 3.44. The molecule has 2 N–H and O–H groups in total. The van der Waals surface area contributed by atoms with Crippen molar-refractivity contribution in [2.75, 3.05) is 18.6 Å². The summed E-state index contributed by atoms with van der Waals surface area (Å²) in [7, 11) is -1.93. The summed E-state index contributed by atoms with van der Waals surface area (Å²) in [6.07, 6.45) is 0. The van der Waals surface area contributed by atoms with Crippen molar-refractivity contribution in [3.63, 3.8) is 0 Å². The van der Waals surface area contributed by atoms with Gasteiger partial charge in [-0.2, -0.15) is 0 Å². The molecule has 1 aromatic carbocycles. The van der Waals surface area contributed by atoms with Gasteiger partial charge < -0.3 is 10.5 Å². The van der Waals surface area contributed by atoms with Crippen molar-refractivity contribution in [1.82, 2.24) is 0 Å². The summed E-state index contributed by atoms with van der Waals surface area (Å²) >= 11 is 5.81. The Labute approximate surface area is 93.9 Å². The molecule has 6 heteroatoms. The molecular weight excluding hydrogens is 238 g/mol. The number of benzene rings is 1. The summed E-state index contributed by atoms with van der Waals surface area (Å²) in [5.41, 5.74) is 5.90. The first-order chi connectivity index (χ1) is 6.92. The third kappa shape index (κ3) is 2.35. The molecule has 4 nitrogen and oxygen atoms in total. The summed E-state index contributed by atoms with van der Waals surface area (Å²) in [5, 5.41) is 0.121. The molecule has 0 saturated heterocycles. The molecule has 1 aromatic rings. The number of sulfone groups is 1. The lowest BCUT2D eigenvalue weighted by atomic mass is 10.3. The third-order valence-corrected chi connectivity index (χ3v) is 4.19. The fourth-order valence-corrected chi connectivity index (χ4v) is 2.60. The zero-order valence-electron chi connectivity index (χ0n) is 8.45. The van der Waals surface area contributed by atoms with E-state index in [-0.39, 0.29) is 15.7 Å². The van der Waals surface area contributed by atoms with Gasteiger partial charge in [0.15, 0.2) is 9.84 Å². The van der Waals surface area contributed by atoms with Crippen LogP contribution < -0.4 is 10.5 Å². The normalized spacial score (nSPS) is 11.4. The van der Waals surface area contributed by atoms with Crippen LogP contribution in [0.2, 0.25) is 5.02 Å². The molecule has 0 bridgehead atoms. The van der Waals surface area contributed by atoms with Gasteiger partial charge in [0.05, 0.1) is 28.5 Å². The lowest BCUT2D eigenvalue weighted by Crippen LogP contribution is -2.05. The highest BCUT2D eigenvalue weighted by atomic mass is 35.5. The van der Waals surface area contributed by atoms with Crippen LogP contribution >= 0.6 is 11.6 Å².